The molecule has 0 aliphatic carbocycles. The third-order valence-corrected chi connectivity index (χ3v) is 7.94. The topological polar surface area (TPSA) is 127 Å². The molecule has 130 valence electrons. The van der Waals surface area contributed by atoms with Crippen molar-refractivity contribution < 1.29 is 26.4 Å². The van der Waals surface area contributed by atoms with E-state index < -0.39 is 32.4 Å². The predicted molar refractivity (Wildman–Crippen MR) is 84.1 cm³/mol. The maximum atomic E-state index is 12.6. The molecule has 1 saturated heterocycles. The van der Waals surface area contributed by atoms with Crippen molar-refractivity contribution in [3.63, 3.8) is 0 Å². The molecular weight excluding hydrogens is 390 g/mol. The number of hydrogen-bond donors (Lipinski definition) is 1. The lowest BCUT2D eigenvalue weighted by molar-refractivity contribution is 0.00314. The lowest BCUT2D eigenvalue weighted by Gasteiger charge is -2.37. The Kier molecular flexibility index (Phi) is 5.23. The number of piperazine rings is 1. The number of primary amides is 1. The zero-order valence-electron chi connectivity index (χ0n) is 11.9. The van der Waals surface area contributed by atoms with Gasteiger partial charge < -0.3 is 10.5 Å². The monoisotopic (exact) mass is 403 g/mol. The molecule has 0 unspecified atom stereocenters. The Morgan fingerprint density at radius 1 is 1.35 bits per heavy atom. The molecule has 1 aromatic rings. The van der Waals surface area contributed by atoms with Crippen LogP contribution in [0.25, 0.3) is 0 Å². The molecule has 1 aromatic heterocycles. The maximum Gasteiger partial charge on any atom is 0.406 e. The van der Waals surface area contributed by atoms with Crippen LogP contribution in [0.1, 0.15) is 0 Å². The number of carbonyl (C=O) groups is 1. The first-order chi connectivity index (χ1) is 10.5. The van der Waals surface area contributed by atoms with Crippen LogP contribution in [0.15, 0.2) is 16.3 Å². The molecule has 9 nitrogen and oxygen atoms in total. The molecule has 2 N–H and O–H groups in total. The van der Waals surface area contributed by atoms with E-state index >= 15 is 0 Å². The van der Waals surface area contributed by atoms with Crippen molar-refractivity contribution in [2.24, 2.45) is 5.73 Å². The van der Waals surface area contributed by atoms with Crippen LogP contribution in [0, 0.1) is 0 Å². The number of amides is 1. The third kappa shape index (κ3) is 4.14. The number of nitrogens with zero attached hydrogens (tertiary/aromatic N) is 2. The van der Waals surface area contributed by atoms with Crippen molar-refractivity contribution in [2.75, 3.05) is 25.9 Å². The van der Waals surface area contributed by atoms with Gasteiger partial charge >= 0.3 is 6.09 Å². The van der Waals surface area contributed by atoms with E-state index in [2.05, 4.69) is 0 Å². The molecule has 1 atom stereocenters. The van der Waals surface area contributed by atoms with Crippen LogP contribution in [0.4, 0.5) is 4.79 Å². The van der Waals surface area contributed by atoms with E-state index in [1.165, 1.54) is 12.1 Å². The summed E-state index contributed by atoms with van der Waals surface area (Å²) >= 11 is 6.60. The highest BCUT2D eigenvalue weighted by atomic mass is 35.5. The van der Waals surface area contributed by atoms with E-state index in [4.69, 9.17) is 22.1 Å². The Morgan fingerprint density at radius 2 is 2.00 bits per heavy atom. The van der Waals surface area contributed by atoms with Crippen LogP contribution in [0.3, 0.4) is 0 Å². The Morgan fingerprint density at radius 3 is 2.48 bits per heavy atom. The van der Waals surface area contributed by atoms with Gasteiger partial charge in [0.15, 0.2) is 6.23 Å². The van der Waals surface area contributed by atoms with E-state index in [-0.39, 0.29) is 28.2 Å². The summed E-state index contributed by atoms with van der Waals surface area (Å²) < 4.78 is 55.5. The summed E-state index contributed by atoms with van der Waals surface area (Å²) in [5.74, 6) is 0. The molecule has 2 heterocycles. The molecular formula is C10H14ClN3O6S3. The SMILES string of the molecule is CS(=O)(=O)N1CCN(S(=O)(=O)c2ccc(Cl)s2)[C@H](OC(N)=O)C1. The highest BCUT2D eigenvalue weighted by Crippen LogP contribution is 2.30. The van der Waals surface area contributed by atoms with Gasteiger partial charge in [0.2, 0.25) is 10.0 Å². The number of rotatable bonds is 4. The van der Waals surface area contributed by atoms with Gasteiger partial charge in [0, 0.05) is 13.1 Å². The van der Waals surface area contributed by atoms with E-state index in [1.807, 2.05) is 0 Å². The molecule has 1 fully saturated rings. The fourth-order valence-electron chi connectivity index (χ4n) is 2.07. The quantitative estimate of drug-likeness (QED) is 0.758. The minimum absolute atomic E-state index is 0.0339. The number of nitrogens with two attached hydrogens (primary N) is 1. The minimum atomic E-state index is -3.99. The average Bonchev–Trinajstić information content (AvgIpc) is 2.84. The number of ether oxygens (including phenoxy) is 1. The van der Waals surface area contributed by atoms with E-state index in [9.17, 15) is 21.6 Å². The summed E-state index contributed by atoms with van der Waals surface area (Å²) in [5.41, 5.74) is 4.96. The second-order valence-electron chi connectivity index (χ2n) is 4.69. The molecule has 0 radical (unpaired) electrons. The van der Waals surface area contributed by atoms with Crippen molar-refractivity contribution in [3.8, 4) is 0 Å². The maximum absolute atomic E-state index is 12.6. The first-order valence-corrected chi connectivity index (χ1v) is 10.7. The Labute approximate surface area is 142 Å². The van der Waals surface area contributed by atoms with Crippen LogP contribution in [0.5, 0.6) is 0 Å². The molecule has 23 heavy (non-hydrogen) atoms. The number of hydrogen-bond acceptors (Lipinski definition) is 7. The Bertz CT molecular complexity index is 806. The zero-order valence-corrected chi connectivity index (χ0v) is 15.1. The second kappa shape index (κ2) is 6.53. The number of carbonyl (C=O) groups excluding carboxylic acids is 1. The molecule has 0 bridgehead atoms. The van der Waals surface area contributed by atoms with Gasteiger partial charge in [-0.05, 0) is 12.1 Å². The highest BCUT2D eigenvalue weighted by molar-refractivity contribution is 7.91. The van der Waals surface area contributed by atoms with Crippen molar-refractivity contribution in [1.82, 2.24) is 8.61 Å². The van der Waals surface area contributed by atoms with Gasteiger partial charge in [0.1, 0.15) is 4.21 Å². The predicted octanol–water partition coefficient (Wildman–Crippen LogP) is 0.0888. The number of thiophene rings is 1. The first kappa shape index (κ1) is 18.4. The highest BCUT2D eigenvalue weighted by Gasteiger charge is 2.41. The average molecular weight is 404 g/mol. The van der Waals surface area contributed by atoms with Gasteiger partial charge in [-0.2, -0.15) is 8.61 Å². The smallest absolute Gasteiger partial charge is 0.406 e. The normalized spacial score (nSPS) is 21.2. The summed E-state index contributed by atoms with van der Waals surface area (Å²) in [6.07, 6.45) is -1.56. The van der Waals surface area contributed by atoms with Gasteiger partial charge in [-0.15, -0.1) is 11.3 Å². The van der Waals surface area contributed by atoms with Crippen LogP contribution < -0.4 is 5.73 Å². The number of sulfonamides is 2. The first-order valence-electron chi connectivity index (χ1n) is 6.20. The van der Waals surface area contributed by atoms with Crippen molar-refractivity contribution >= 4 is 49.1 Å². The standard InChI is InChI=1S/C10H14ClN3O6S3/c1-22(16,17)13-4-5-14(8(6-13)20-10(12)15)23(18,19)9-3-2-7(11)21-9/h2-3,8H,4-6H2,1H3,(H2,12,15)/t8-/m1/s1. The molecule has 1 aliphatic rings. The van der Waals surface area contributed by atoms with Gasteiger partial charge in [-0.3, -0.25) is 0 Å². The van der Waals surface area contributed by atoms with E-state index in [0.717, 1.165) is 26.2 Å². The molecule has 1 amide bonds. The van der Waals surface area contributed by atoms with Crippen molar-refractivity contribution in [2.45, 2.75) is 10.4 Å². The van der Waals surface area contributed by atoms with Gasteiger partial charge in [0.25, 0.3) is 10.0 Å². The molecule has 13 heteroatoms. The van der Waals surface area contributed by atoms with Crippen molar-refractivity contribution in [3.05, 3.63) is 16.5 Å². The summed E-state index contributed by atoms with van der Waals surface area (Å²) in [6.45, 7) is -0.571. The van der Waals surface area contributed by atoms with Crippen molar-refractivity contribution in [1.29, 1.82) is 0 Å². The van der Waals surface area contributed by atoms with E-state index in [0.29, 0.717) is 0 Å². The molecule has 0 aromatic carbocycles. The lowest BCUT2D eigenvalue weighted by atomic mass is 10.4. The summed E-state index contributed by atoms with van der Waals surface area (Å²) in [4.78, 5) is 11.0. The summed E-state index contributed by atoms with van der Waals surface area (Å²) in [5, 5.41) is 0. The van der Waals surface area contributed by atoms with Crippen LogP contribution >= 0.6 is 22.9 Å². The van der Waals surface area contributed by atoms with E-state index in [1.54, 1.807) is 0 Å². The summed E-state index contributed by atoms with van der Waals surface area (Å²) in [7, 11) is -7.55. The van der Waals surface area contributed by atoms with Crippen LogP contribution in [-0.2, 0) is 24.8 Å². The Hall–Kier alpha value is -0.920. The van der Waals surface area contributed by atoms with Crippen LogP contribution in [0.2, 0.25) is 4.34 Å². The fraction of sp³-hybridized carbons (Fsp3) is 0.500. The van der Waals surface area contributed by atoms with Gasteiger partial charge in [0.05, 0.1) is 17.1 Å². The fourth-order valence-corrected chi connectivity index (χ4v) is 5.98. The van der Waals surface area contributed by atoms with Crippen LogP contribution in [-0.4, -0.2) is 63.7 Å². The number of halogens is 1. The molecule has 0 spiro atoms. The minimum Gasteiger partial charge on any atom is -0.428 e. The molecule has 2 rings (SSSR count). The Balaban J connectivity index is 2.34. The molecule has 1 aliphatic heterocycles. The zero-order chi connectivity index (χ0) is 17.4. The van der Waals surface area contributed by atoms with Gasteiger partial charge in [-0.1, -0.05) is 11.6 Å². The lowest BCUT2D eigenvalue weighted by Crippen LogP contribution is -2.57. The largest absolute Gasteiger partial charge is 0.428 e. The van der Waals surface area contributed by atoms with Gasteiger partial charge in [-0.25, -0.2) is 21.6 Å². The second-order valence-corrected chi connectivity index (χ2v) is 10.5. The third-order valence-electron chi connectivity index (χ3n) is 3.08. The molecule has 0 saturated carbocycles. The summed E-state index contributed by atoms with van der Waals surface area (Å²) in [6, 6.07) is 2.75.